The second-order valence-corrected chi connectivity index (χ2v) is 8.31. The van der Waals surface area contributed by atoms with Crippen molar-refractivity contribution >= 4 is 29.3 Å². The van der Waals surface area contributed by atoms with Crippen LogP contribution in [0.5, 0.6) is 5.75 Å². The lowest BCUT2D eigenvalue weighted by atomic mass is 10.1. The highest BCUT2D eigenvalue weighted by Gasteiger charge is 2.17. The third-order valence-electron chi connectivity index (χ3n) is 4.73. The van der Waals surface area contributed by atoms with E-state index in [-0.39, 0.29) is 0 Å². The van der Waals surface area contributed by atoms with Crippen LogP contribution < -0.4 is 10.5 Å². The molecule has 0 unspecified atom stereocenters. The number of carbonyl (C=O) groups is 1. The molecule has 0 saturated heterocycles. The molecule has 4 aromatic rings. The molecular weight excluding hydrogens is 444 g/mol. The Balaban J connectivity index is 1.67. The second-order valence-electron chi connectivity index (χ2n) is 6.93. The molecule has 0 saturated carbocycles. The zero-order valence-corrected chi connectivity index (χ0v) is 18.9. The molecule has 1 aromatic heterocycles. The molecule has 0 spiro atoms. The monoisotopic (exact) mass is 464 g/mol. The van der Waals surface area contributed by atoms with E-state index in [1.165, 1.54) is 0 Å². The summed E-state index contributed by atoms with van der Waals surface area (Å²) in [6.45, 7) is 2.56. The summed E-state index contributed by atoms with van der Waals surface area (Å²) in [5, 5.41) is 10.3. The number of rotatable bonds is 8. The number of primary amides is 1. The molecule has 0 bridgehead atoms. The van der Waals surface area contributed by atoms with Gasteiger partial charge in [0, 0.05) is 27.6 Å². The predicted molar refractivity (Wildman–Crippen MR) is 127 cm³/mol. The maximum Gasteiger partial charge on any atom is 0.248 e. The highest BCUT2D eigenvalue weighted by atomic mass is 35.5. The molecule has 162 valence electrons. The third kappa shape index (κ3) is 4.95. The minimum atomic E-state index is -0.439. The van der Waals surface area contributed by atoms with E-state index in [1.807, 2.05) is 72.2 Å². The summed E-state index contributed by atoms with van der Waals surface area (Å²) in [6.07, 6.45) is 0. The fraction of sp³-hybridized carbons (Fsp3) is 0.125. The van der Waals surface area contributed by atoms with Crippen LogP contribution in [0.2, 0.25) is 5.02 Å². The summed E-state index contributed by atoms with van der Waals surface area (Å²) in [7, 11) is 0. The van der Waals surface area contributed by atoms with Gasteiger partial charge in [-0.15, -0.1) is 10.2 Å². The van der Waals surface area contributed by atoms with Gasteiger partial charge >= 0.3 is 0 Å². The number of ether oxygens (including phenoxy) is 1. The molecule has 0 fully saturated rings. The Labute approximate surface area is 195 Å². The predicted octanol–water partition coefficient (Wildman–Crippen LogP) is 5.38. The average Bonchev–Trinajstić information content (AvgIpc) is 3.23. The number of halogens is 1. The summed E-state index contributed by atoms with van der Waals surface area (Å²) in [4.78, 5) is 11.3. The number of hydrogen-bond donors (Lipinski definition) is 1. The van der Waals surface area contributed by atoms with Gasteiger partial charge in [0.05, 0.1) is 6.61 Å². The number of hydrogen-bond acceptors (Lipinski definition) is 5. The normalized spacial score (nSPS) is 10.8. The van der Waals surface area contributed by atoms with E-state index >= 15 is 0 Å². The van der Waals surface area contributed by atoms with Crippen LogP contribution in [-0.2, 0) is 5.75 Å². The van der Waals surface area contributed by atoms with E-state index in [0.29, 0.717) is 28.8 Å². The van der Waals surface area contributed by atoms with E-state index in [4.69, 9.17) is 22.1 Å². The van der Waals surface area contributed by atoms with E-state index in [1.54, 1.807) is 23.9 Å². The molecule has 8 heteroatoms. The third-order valence-corrected chi connectivity index (χ3v) is 5.96. The molecule has 2 N–H and O–H groups in total. The molecule has 0 atom stereocenters. The highest BCUT2D eigenvalue weighted by Crippen LogP contribution is 2.31. The summed E-state index contributed by atoms with van der Waals surface area (Å²) in [5.41, 5.74) is 8.65. The Bertz CT molecular complexity index is 1220. The fourth-order valence-corrected chi connectivity index (χ4v) is 4.28. The minimum Gasteiger partial charge on any atom is -0.494 e. The first-order valence-corrected chi connectivity index (χ1v) is 11.4. The van der Waals surface area contributed by atoms with Crippen LogP contribution in [0.25, 0.3) is 17.1 Å². The maximum absolute atomic E-state index is 11.3. The van der Waals surface area contributed by atoms with Crippen molar-refractivity contribution in [1.29, 1.82) is 0 Å². The number of benzene rings is 3. The van der Waals surface area contributed by atoms with E-state index in [9.17, 15) is 4.79 Å². The van der Waals surface area contributed by atoms with Crippen LogP contribution in [0.1, 0.15) is 22.8 Å². The van der Waals surface area contributed by atoms with Crippen LogP contribution in [-0.4, -0.2) is 27.3 Å². The topological polar surface area (TPSA) is 83.0 Å². The smallest absolute Gasteiger partial charge is 0.248 e. The van der Waals surface area contributed by atoms with Gasteiger partial charge < -0.3 is 10.5 Å². The SMILES string of the molecule is CCOc1ccc(-n2c(SCc3ccc(C(N)=O)cc3)nnc2-c2cccc(Cl)c2)cc1. The first-order valence-electron chi connectivity index (χ1n) is 10.0. The second kappa shape index (κ2) is 9.89. The molecule has 4 rings (SSSR count). The zero-order valence-electron chi connectivity index (χ0n) is 17.4. The lowest BCUT2D eigenvalue weighted by Crippen LogP contribution is -2.10. The minimum absolute atomic E-state index is 0.439. The quantitative estimate of drug-likeness (QED) is 0.354. The highest BCUT2D eigenvalue weighted by molar-refractivity contribution is 7.98. The maximum atomic E-state index is 11.3. The molecule has 32 heavy (non-hydrogen) atoms. The molecule has 3 aromatic carbocycles. The van der Waals surface area contributed by atoms with Crippen molar-refractivity contribution in [2.75, 3.05) is 6.61 Å². The number of carbonyl (C=O) groups excluding carboxylic acids is 1. The van der Waals surface area contributed by atoms with E-state index < -0.39 is 5.91 Å². The number of thioether (sulfide) groups is 1. The Morgan fingerprint density at radius 1 is 1.06 bits per heavy atom. The summed E-state index contributed by atoms with van der Waals surface area (Å²) in [6, 6.07) is 22.6. The number of aromatic nitrogens is 3. The largest absolute Gasteiger partial charge is 0.494 e. The van der Waals surface area contributed by atoms with Crippen molar-refractivity contribution in [3.8, 4) is 22.8 Å². The van der Waals surface area contributed by atoms with E-state index in [0.717, 1.165) is 27.7 Å². The van der Waals surface area contributed by atoms with Gasteiger partial charge in [-0.25, -0.2) is 0 Å². The van der Waals surface area contributed by atoms with Crippen molar-refractivity contribution < 1.29 is 9.53 Å². The van der Waals surface area contributed by atoms with Crippen molar-refractivity contribution in [3.05, 3.63) is 88.9 Å². The molecule has 0 aliphatic carbocycles. The van der Waals surface area contributed by atoms with Crippen LogP contribution in [0, 0.1) is 0 Å². The van der Waals surface area contributed by atoms with Gasteiger partial charge in [0.1, 0.15) is 5.75 Å². The van der Waals surface area contributed by atoms with Gasteiger partial charge in [0.15, 0.2) is 11.0 Å². The Morgan fingerprint density at radius 3 is 2.47 bits per heavy atom. The first kappa shape index (κ1) is 21.9. The molecule has 1 amide bonds. The van der Waals surface area contributed by atoms with Crippen molar-refractivity contribution in [2.45, 2.75) is 17.8 Å². The lowest BCUT2D eigenvalue weighted by molar-refractivity contribution is 0.100. The molecule has 0 aliphatic rings. The average molecular weight is 465 g/mol. The van der Waals surface area contributed by atoms with Gasteiger partial charge in [0.2, 0.25) is 5.91 Å². The van der Waals surface area contributed by atoms with Crippen molar-refractivity contribution in [3.63, 3.8) is 0 Å². The lowest BCUT2D eigenvalue weighted by Gasteiger charge is -2.12. The van der Waals surface area contributed by atoms with Gasteiger partial charge in [-0.3, -0.25) is 9.36 Å². The molecule has 0 aliphatic heterocycles. The molecule has 0 radical (unpaired) electrons. The fourth-order valence-electron chi connectivity index (χ4n) is 3.18. The van der Waals surface area contributed by atoms with E-state index in [2.05, 4.69) is 10.2 Å². The summed E-state index contributed by atoms with van der Waals surface area (Å²) in [5.74, 6) is 1.72. The molecule has 6 nitrogen and oxygen atoms in total. The molecular formula is C24H21ClN4O2S. The first-order chi connectivity index (χ1) is 15.5. The Hall–Kier alpha value is -3.29. The van der Waals surface area contributed by atoms with Gasteiger partial charge in [-0.1, -0.05) is 47.6 Å². The number of nitrogens with zero attached hydrogens (tertiary/aromatic N) is 3. The van der Waals surface area contributed by atoms with Crippen LogP contribution >= 0.6 is 23.4 Å². The van der Waals surface area contributed by atoms with Gasteiger partial charge in [-0.2, -0.15) is 0 Å². The molecule has 1 heterocycles. The van der Waals surface area contributed by atoms with Crippen LogP contribution in [0.15, 0.2) is 78.0 Å². The Kier molecular flexibility index (Phi) is 6.78. The van der Waals surface area contributed by atoms with Crippen LogP contribution in [0.3, 0.4) is 0 Å². The zero-order chi connectivity index (χ0) is 22.5. The standard InChI is InChI=1S/C24H21ClN4O2S/c1-2-31-21-12-10-20(11-13-21)29-23(18-4-3-5-19(25)14-18)27-28-24(29)32-15-16-6-8-17(9-7-16)22(26)30/h3-14H,2,15H2,1H3,(H2,26,30). The van der Waals surface area contributed by atoms with Crippen LogP contribution in [0.4, 0.5) is 0 Å². The van der Waals surface area contributed by atoms with Crippen molar-refractivity contribution in [1.82, 2.24) is 14.8 Å². The number of nitrogens with two attached hydrogens (primary N) is 1. The van der Waals surface area contributed by atoms with Crippen molar-refractivity contribution in [2.24, 2.45) is 5.73 Å². The summed E-state index contributed by atoms with van der Waals surface area (Å²) >= 11 is 7.77. The van der Waals surface area contributed by atoms with Gasteiger partial charge in [0.25, 0.3) is 0 Å². The Morgan fingerprint density at radius 2 is 1.81 bits per heavy atom. The number of amides is 1. The summed E-state index contributed by atoms with van der Waals surface area (Å²) < 4.78 is 7.58. The van der Waals surface area contributed by atoms with Gasteiger partial charge in [-0.05, 0) is 61.0 Å².